The van der Waals surface area contributed by atoms with Crippen LogP contribution in [0.15, 0.2) is 42.5 Å². The molecule has 1 aliphatic rings. The maximum atomic E-state index is 14.0. The third kappa shape index (κ3) is 3.88. The molecule has 23 heavy (non-hydrogen) atoms. The Balaban J connectivity index is 1.76. The van der Waals surface area contributed by atoms with E-state index in [1.807, 2.05) is 4.90 Å². The van der Waals surface area contributed by atoms with Gasteiger partial charge in [0.05, 0.1) is 5.69 Å². The number of aryl methyl sites for hydroxylation is 1. The van der Waals surface area contributed by atoms with Crippen LogP contribution in [-0.4, -0.2) is 19.1 Å². The van der Waals surface area contributed by atoms with Crippen molar-refractivity contribution in [3.8, 4) is 0 Å². The van der Waals surface area contributed by atoms with Gasteiger partial charge < -0.3 is 10.6 Å². The van der Waals surface area contributed by atoms with Gasteiger partial charge in [-0.2, -0.15) is 0 Å². The highest BCUT2D eigenvalue weighted by Crippen LogP contribution is 2.27. The van der Waals surface area contributed by atoms with E-state index >= 15 is 0 Å². The number of piperidine rings is 1. The van der Waals surface area contributed by atoms with Crippen LogP contribution in [0.1, 0.15) is 17.5 Å². The first-order valence-corrected chi connectivity index (χ1v) is 8.02. The van der Waals surface area contributed by atoms with E-state index in [4.69, 9.17) is 5.73 Å². The molecule has 0 radical (unpaired) electrons. The lowest BCUT2D eigenvalue weighted by Crippen LogP contribution is -2.48. The Morgan fingerprint density at radius 3 is 2.57 bits per heavy atom. The summed E-state index contributed by atoms with van der Waals surface area (Å²) >= 11 is 0. The fourth-order valence-corrected chi connectivity index (χ4v) is 3.38. The lowest BCUT2D eigenvalue weighted by Gasteiger charge is -2.38. The van der Waals surface area contributed by atoms with Gasteiger partial charge in [0.15, 0.2) is 0 Å². The minimum atomic E-state index is -0.421. The van der Waals surface area contributed by atoms with Crippen molar-refractivity contribution in [3.05, 3.63) is 65.2 Å². The summed E-state index contributed by atoms with van der Waals surface area (Å²) in [5.74, 6) is -0.477. The van der Waals surface area contributed by atoms with Gasteiger partial charge in [-0.05, 0) is 43.4 Å². The van der Waals surface area contributed by atoms with Gasteiger partial charge in [-0.1, -0.05) is 29.8 Å². The molecular weight excluding hydrogens is 294 g/mol. The topological polar surface area (TPSA) is 29.3 Å². The summed E-state index contributed by atoms with van der Waals surface area (Å²) in [5, 5.41) is 0. The first-order chi connectivity index (χ1) is 11.0. The lowest BCUT2D eigenvalue weighted by atomic mass is 9.88. The molecule has 2 nitrogen and oxygen atoms in total. The van der Waals surface area contributed by atoms with Crippen molar-refractivity contribution in [2.45, 2.75) is 25.8 Å². The molecular formula is C19H22F2N2. The lowest BCUT2D eigenvalue weighted by molar-refractivity contribution is 0.372. The van der Waals surface area contributed by atoms with E-state index in [9.17, 15) is 8.78 Å². The average Bonchev–Trinajstić information content (AvgIpc) is 2.51. The fraction of sp³-hybridized carbons (Fsp3) is 0.368. The molecule has 1 saturated heterocycles. The zero-order valence-electron chi connectivity index (χ0n) is 13.3. The predicted octanol–water partition coefficient (Wildman–Crippen LogP) is 3.67. The SMILES string of the molecule is Cc1ccc(CC2CC(N)CN(c3cc(F)ccc3F)C2)cc1. The Hall–Kier alpha value is -1.94. The smallest absolute Gasteiger partial charge is 0.146 e. The molecule has 2 aromatic rings. The summed E-state index contributed by atoms with van der Waals surface area (Å²) in [6, 6.07) is 12.0. The Morgan fingerprint density at radius 1 is 1.09 bits per heavy atom. The number of halogens is 2. The highest BCUT2D eigenvalue weighted by molar-refractivity contribution is 5.49. The van der Waals surface area contributed by atoms with E-state index in [2.05, 4.69) is 31.2 Å². The number of nitrogens with zero attached hydrogens (tertiary/aromatic N) is 1. The first kappa shape index (κ1) is 15.9. The van der Waals surface area contributed by atoms with Crippen LogP contribution in [0.4, 0.5) is 14.5 Å². The van der Waals surface area contributed by atoms with Crippen molar-refractivity contribution in [2.75, 3.05) is 18.0 Å². The van der Waals surface area contributed by atoms with E-state index < -0.39 is 11.6 Å². The summed E-state index contributed by atoms with van der Waals surface area (Å²) < 4.78 is 27.5. The van der Waals surface area contributed by atoms with Gasteiger partial charge in [0, 0.05) is 25.2 Å². The van der Waals surface area contributed by atoms with E-state index in [1.165, 1.54) is 23.3 Å². The summed E-state index contributed by atoms with van der Waals surface area (Å²) in [4.78, 5) is 1.88. The average molecular weight is 316 g/mol. The molecule has 122 valence electrons. The Bertz CT molecular complexity index is 670. The van der Waals surface area contributed by atoms with Crippen molar-refractivity contribution >= 4 is 5.69 Å². The molecule has 0 saturated carbocycles. The van der Waals surface area contributed by atoms with Crippen LogP contribution in [0.3, 0.4) is 0 Å². The van der Waals surface area contributed by atoms with Gasteiger partial charge in [0.2, 0.25) is 0 Å². The number of hydrogen-bond donors (Lipinski definition) is 1. The van der Waals surface area contributed by atoms with Gasteiger partial charge in [0.1, 0.15) is 11.6 Å². The summed E-state index contributed by atoms with van der Waals surface area (Å²) in [7, 11) is 0. The standard InChI is InChI=1S/C19H22F2N2/c1-13-2-4-14(5-3-13)8-15-9-17(22)12-23(11-15)19-10-16(20)6-7-18(19)21/h2-7,10,15,17H,8-9,11-12,22H2,1H3. The molecule has 0 amide bonds. The highest BCUT2D eigenvalue weighted by atomic mass is 19.1. The zero-order valence-corrected chi connectivity index (χ0v) is 13.3. The minimum Gasteiger partial charge on any atom is -0.367 e. The Kier molecular flexibility index (Phi) is 4.62. The van der Waals surface area contributed by atoms with Crippen LogP contribution in [0, 0.1) is 24.5 Å². The van der Waals surface area contributed by atoms with Crippen LogP contribution in [-0.2, 0) is 6.42 Å². The molecule has 2 atom stereocenters. The molecule has 2 N–H and O–H groups in total. The monoisotopic (exact) mass is 316 g/mol. The second kappa shape index (κ2) is 6.67. The van der Waals surface area contributed by atoms with Gasteiger partial charge in [-0.15, -0.1) is 0 Å². The van der Waals surface area contributed by atoms with Crippen molar-refractivity contribution in [2.24, 2.45) is 11.7 Å². The van der Waals surface area contributed by atoms with Crippen molar-refractivity contribution in [3.63, 3.8) is 0 Å². The number of anilines is 1. The molecule has 1 heterocycles. The van der Waals surface area contributed by atoms with Crippen LogP contribution >= 0.6 is 0 Å². The molecule has 1 fully saturated rings. The van der Waals surface area contributed by atoms with E-state index in [0.29, 0.717) is 24.7 Å². The van der Waals surface area contributed by atoms with Crippen molar-refractivity contribution in [1.29, 1.82) is 0 Å². The molecule has 0 bridgehead atoms. The molecule has 0 spiro atoms. The van der Waals surface area contributed by atoms with Crippen LogP contribution in [0.2, 0.25) is 0 Å². The Labute approximate surface area is 135 Å². The predicted molar refractivity (Wildman–Crippen MR) is 89.5 cm³/mol. The number of nitrogens with two attached hydrogens (primary N) is 1. The first-order valence-electron chi connectivity index (χ1n) is 8.02. The molecule has 2 unspecified atom stereocenters. The summed E-state index contributed by atoms with van der Waals surface area (Å²) in [6.07, 6.45) is 1.81. The van der Waals surface area contributed by atoms with Crippen LogP contribution < -0.4 is 10.6 Å². The van der Waals surface area contributed by atoms with Crippen molar-refractivity contribution < 1.29 is 8.78 Å². The molecule has 3 rings (SSSR count). The van der Waals surface area contributed by atoms with Crippen LogP contribution in [0.25, 0.3) is 0 Å². The molecule has 1 aliphatic heterocycles. The van der Waals surface area contributed by atoms with E-state index in [0.717, 1.165) is 18.9 Å². The largest absolute Gasteiger partial charge is 0.367 e. The minimum absolute atomic E-state index is 0.0261. The van der Waals surface area contributed by atoms with E-state index in [1.54, 1.807) is 0 Å². The number of rotatable bonds is 3. The Morgan fingerprint density at radius 2 is 1.83 bits per heavy atom. The second-order valence-electron chi connectivity index (χ2n) is 6.55. The normalized spacial score (nSPS) is 21.5. The van der Waals surface area contributed by atoms with Gasteiger partial charge in [0.25, 0.3) is 0 Å². The quantitative estimate of drug-likeness (QED) is 0.936. The summed E-state index contributed by atoms with van der Waals surface area (Å²) in [6.45, 7) is 3.32. The van der Waals surface area contributed by atoms with Crippen LogP contribution in [0.5, 0.6) is 0 Å². The maximum absolute atomic E-state index is 14.0. The maximum Gasteiger partial charge on any atom is 0.146 e. The molecule has 4 heteroatoms. The van der Waals surface area contributed by atoms with Gasteiger partial charge in [-0.3, -0.25) is 0 Å². The number of benzene rings is 2. The van der Waals surface area contributed by atoms with Gasteiger partial charge in [-0.25, -0.2) is 8.78 Å². The van der Waals surface area contributed by atoms with Crippen molar-refractivity contribution in [1.82, 2.24) is 0 Å². The van der Waals surface area contributed by atoms with E-state index in [-0.39, 0.29) is 6.04 Å². The third-order valence-electron chi connectivity index (χ3n) is 4.46. The fourth-order valence-electron chi connectivity index (χ4n) is 3.38. The zero-order chi connectivity index (χ0) is 16.4. The highest BCUT2D eigenvalue weighted by Gasteiger charge is 2.27. The third-order valence-corrected chi connectivity index (χ3v) is 4.46. The molecule has 2 aromatic carbocycles. The van der Waals surface area contributed by atoms with Gasteiger partial charge >= 0.3 is 0 Å². The molecule has 0 aliphatic carbocycles. The molecule has 0 aromatic heterocycles. The number of hydrogen-bond acceptors (Lipinski definition) is 2. The summed E-state index contributed by atoms with van der Waals surface area (Å²) in [5.41, 5.74) is 8.97. The second-order valence-corrected chi connectivity index (χ2v) is 6.55.